The van der Waals surface area contributed by atoms with E-state index >= 15 is 0 Å². The van der Waals surface area contributed by atoms with Crippen LogP contribution < -0.4 is 15.0 Å². The summed E-state index contributed by atoms with van der Waals surface area (Å²) in [5.74, 6) is 0.471. The van der Waals surface area contributed by atoms with Gasteiger partial charge in [0.2, 0.25) is 0 Å². The number of ether oxygens (including phenoxy) is 3. The average molecular weight is 523 g/mol. The van der Waals surface area contributed by atoms with Crippen molar-refractivity contribution < 1.29 is 19.0 Å². The molecular weight excluding hydrogens is 502 g/mol. The topological polar surface area (TPSA) is 92.0 Å². The zero-order valence-electron chi connectivity index (χ0n) is 17.9. The van der Waals surface area contributed by atoms with E-state index in [0.717, 1.165) is 4.47 Å². The third kappa shape index (κ3) is 4.94. The van der Waals surface area contributed by atoms with Gasteiger partial charge in [-0.15, -0.1) is 0 Å². The zero-order chi connectivity index (χ0) is 23.4. The SMILES string of the molecule is CCc1nc2ccc(Br)cc2c(=O)n1N=Cc1cc(Cl)cc(OC)c1O[C@@H](C)C(=O)OC. The molecule has 0 N–H and O–H groups in total. The molecule has 0 spiro atoms. The number of benzene rings is 2. The van der Waals surface area contributed by atoms with Crippen LogP contribution in [0.1, 0.15) is 25.2 Å². The number of hydrogen-bond acceptors (Lipinski definition) is 7. The minimum absolute atomic E-state index is 0.237. The highest BCUT2D eigenvalue weighted by Gasteiger charge is 2.20. The first kappa shape index (κ1) is 23.7. The number of aryl methyl sites for hydroxylation is 1. The van der Waals surface area contributed by atoms with Gasteiger partial charge in [-0.2, -0.15) is 9.78 Å². The molecule has 0 saturated heterocycles. The Morgan fingerprint density at radius 2 is 2.06 bits per heavy atom. The summed E-state index contributed by atoms with van der Waals surface area (Å²) < 4.78 is 17.9. The van der Waals surface area contributed by atoms with Crippen LogP contribution in [-0.4, -0.2) is 42.2 Å². The van der Waals surface area contributed by atoms with Crippen LogP contribution in [0.2, 0.25) is 5.02 Å². The molecule has 2 aromatic carbocycles. The number of methoxy groups -OCH3 is 2. The van der Waals surface area contributed by atoms with Crippen LogP contribution in [0.15, 0.2) is 44.7 Å². The number of nitrogens with zero attached hydrogens (tertiary/aromatic N) is 3. The third-order valence-electron chi connectivity index (χ3n) is 4.60. The summed E-state index contributed by atoms with van der Waals surface area (Å²) in [6, 6.07) is 8.44. The number of carbonyl (C=O) groups excluding carboxylic acids is 1. The van der Waals surface area contributed by atoms with E-state index in [1.54, 1.807) is 31.2 Å². The smallest absolute Gasteiger partial charge is 0.346 e. The van der Waals surface area contributed by atoms with Gasteiger partial charge >= 0.3 is 5.97 Å². The van der Waals surface area contributed by atoms with Gasteiger partial charge in [0, 0.05) is 27.5 Å². The Labute approximate surface area is 197 Å². The minimum Gasteiger partial charge on any atom is -0.493 e. The summed E-state index contributed by atoms with van der Waals surface area (Å²) >= 11 is 9.60. The van der Waals surface area contributed by atoms with E-state index in [9.17, 15) is 9.59 Å². The maximum atomic E-state index is 13.1. The first-order chi connectivity index (χ1) is 15.3. The highest BCUT2D eigenvalue weighted by Crippen LogP contribution is 2.34. The van der Waals surface area contributed by atoms with Crippen LogP contribution in [0.3, 0.4) is 0 Å². The molecule has 0 aliphatic carbocycles. The van der Waals surface area contributed by atoms with Crippen molar-refractivity contribution in [3.05, 3.63) is 61.6 Å². The summed E-state index contributed by atoms with van der Waals surface area (Å²) in [5.41, 5.74) is 0.680. The third-order valence-corrected chi connectivity index (χ3v) is 5.31. The lowest BCUT2D eigenvalue weighted by atomic mass is 10.2. The molecule has 0 aliphatic rings. The molecule has 0 amide bonds. The number of halogens is 2. The molecule has 1 aromatic heterocycles. The van der Waals surface area contributed by atoms with Crippen molar-refractivity contribution in [3.63, 3.8) is 0 Å². The Balaban J connectivity index is 2.14. The molecule has 3 aromatic rings. The summed E-state index contributed by atoms with van der Waals surface area (Å²) in [6.45, 7) is 3.43. The van der Waals surface area contributed by atoms with E-state index in [-0.39, 0.29) is 11.3 Å². The zero-order valence-corrected chi connectivity index (χ0v) is 20.2. The minimum atomic E-state index is -0.907. The van der Waals surface area contributed by atoms with Crippen molar-refractivity contribution in [2.75, 3.05) is 14.2 Å². The van der Waals surface area contributed by atoms with Crippen LogP contribution >= 0.6 is 27.5 Å². The van der Waals surface area contributed by atoms with Gasteiger partial charge in [-0.25, -0.2) is 9.78 Å². The molecular formula is C22H21BrClN3O5. The molecule has 10 heteroatoms. The van der Waals surface area contributed by atoms with Gasteiger partial charge in [0.1, 0.15) is 5.82 Å². The first-order valence-corrected chi connectivity index (χ1v) is 10.8. The van der Waals surface area contributed by atoms with E-state index in [1.807, 2.05) is 13.0 Å². The average Bonchev–Trinajstić information content (AvgIpc) is 2.79. The van der Waals surface area contributed by atoms with Gasteiger partial charge in [-0.3, -0.25) is 4.79 Å². The lowest BCUT2D eigenvalue weighted by Gasteiger charge is -2.17. The Kier molecular flexibility index (Phi) is 7.52. The number of fused-ring (bicyclic) bond motifs is 1. The van der Waals surface area contributed by atoms with E-state index in [1.165, 1.54) is 25.1 Å². The predicted octanol–water partition coefficient (Wildman–Crippen LogP) is 4.21. The van der Waals surface area contributed by atoms with Crippen molar-refractivity contribution in [1.82, 2.24) is 9.66 Å². The van der Waals surface area contributed by atoms with Crippen LogP contribution in [-0.2, 0) is 16.0 Å². The Morgan fingerprint density at radius 3 is 2.72 bits per heavy atom. The molecule has 3 rings (SSSR count). The maximum absolute atomic E-state index is 13.1. The maximum Gasteiger partial charge on any atom is 0.346 e. The van der Waals surface area contributed by atoms with E-state index in [0.29, 0.717) is 39.5 Å². The number of hydrogen-bond donors (Lipinski definition) is 0. The van der Waals surface area contributed by atoms with Gasteiger partial charge in [0.05, 0.1) is 31.3 Å². The number of esters is 1. The van der Waals surface area contributed by atoms with Crippen LogP contribution in [0.25, 0.3) is 10.9 Å². The van der Waals surface area contributed by atoms with Crippen LogP contribution in [0.4, 0.5) is 0 Å². The van der Waals surface area contributed by atoms with Gasteiger partial charge in [-0.05, 0) is 31.2 Å². The van der Waals surface area contributed by atoms with Crippen molar-refractivity contribution in [2.45, 2.75) is 26.4 Å². The van der Waals surface area contributed by atoms with Crippen LogP contribution in [0.5, 0.6) is 11.5 Å². The second kappa shape index (κ2) is 10.1. The molecule has 0 radical (unpaired) electrons. The summed E-state index contributed by atoms with van der Waals surface area (Å²) in [4.78, 5) is 29.5. The quantitative estimate of drug-likeness (QED) is 0.341. The summed E-state index contributed by atoms with van der Waals surface area (Å²) in [5, 5.41) is 5.16. The molecule has 1 atom stereocenters. The second-order valence-corrected chi connectivity index (χ2v) is 8.07. The molecule has 168 valence electrons. The first-order valence-electron chi connectivity index (χ1n) is 9.66. The fourth-order valence-electron chi connectivity index (χ4n) is 3.02. The van der Waals surface area contributed by atoms with Gasteiger partial charge in [0.25, 0.3) is 5.56 Å². The van der Waals surface area contributed by atoms with Crippen molar-refractivity contribution >= 4 is 50.6 Å². The monoisotopic (exact) mass is 521 g/mol. The fraction of sp³-hybridized carbons (Fsp3) is 0.273. The fourth-order valence-corrected chi connectivity index (χ4v) is 3.59. The molecule has 0 aliphatic heterocycles. The molecule has 0 unspecified atom stereocenters. The number of aromatic nitrogens is 2. The molecule has 0 fully saturated rings. The molecule has 0 bridgehead atoms. The lowest BCUT2D eigenvalue weighted by Crippen LogP contribution is -2.25. The largest absolute Gasteiger partial charge is 0.493 e. The van der Waals surface area contributed by atoms with E-state index in [4.69, 9.17) is 25.8 Å². The molecule has 1 heterocycles. The van der Waals surface area contributed by atoms with Crippen LogP contribution in [0, 0.1) is 0 Å². The lowest BCUT2D eigenvalue weighted by molar-refractivity contribution is -0.147. The predicted molar refractivity (Wildman–Crippen MR) is 126 cm³/mol. The summed E-state index contributed by atoms with van der Waals surface area (Å²) in [7, 11) is 2.72. The molecule has 32 heavy (non-hydrogen) atoms. The Morgan fingerprint density at radius 1 is 1.31 bits per heavy atom. The van der Waals surface area contributed by atoms with Gasteiger partial charge in [0.15, 0.2) is 17.6 Å². The van der Waals surface area contributed by atoms with Crippen molar-refractivity contribution in [3.8, 4) is 11.5 Å². The van der Waals surface area contributed by atoms with Gasteiger partial charge < -0.3 is 14.2 Å². The number of rotatable bonds is 7. The Bertz CT molecular complexity index is 1260. The molecule has 8 nitrogen and oxygen atoms in total. The van der Waals surface area contributed by atoms with Crippen molar-refractivity contribution in [1.29, 1.82) is 0 Å². The van der Waals surface area contributed by atoms with Crippen molar-refractivity contribution in [2.24, 2.45) is 5.10 Å². The molecule has 0 saturated carbocycles. The van der Waals surface area contributed by atoms with E-state index in [2.05, 4.69) is 26.0 Å². The Hall–Kier alpha value is -2.91. The second-order valence-electron chi connectivity index (χ2n) is 6.71. The number of carbonyl (C=O) groups is 1. The summed E-state index contributed by atoms with van der Waals surface area (Å²) in [6.07, 6.45) is 0.996. The van der Waals surface area contributed by atoms with E-state index < -0.39 is 12.1 Å². The van der Waals surface area contributed by atoms with Gasteiger partial charge in [-0.1, -0.05) is 34.5 Å². The highest BCUT2D eigenvalue weighted by molar-refractivity contribution is 9.10. The highest BCUT2D eigenvalue weighted by atomic mass is 79.9. The normalized spacial score (nSPS) is 12.2. The standard InChI is InChI=1S/C22H21BrClN3O5/c1-5-19-26-17-7-6-14(23)9-16(17)21(28)27(19)25-11-13-8-15(24)10-18(30-3)20(13)32-12(2)22(29)31-4/h6-12H,5H2,1-4H3/t12-/m0/s1.